The maximum Gasteiger partial charge on any atom is 0.303 e. The van der Waals surface area contributed by atoms with Crippen LogP contribution in [0.5, 0.6) is 0 Å². The molecule has 8 heteroatoms. The lowest BCUT2D eigenvalue weighted by atomic mass is 10.1. The molecule has 5 N–H and O–H groups in total. The summed E-state index contributed by atoms with van der Waals surface area (Å²) in [5.41, 5.74) is 5.30. The van der Waals surface area contributed by atoms with Crippen molar-refractivity contribution in [3.05, 3.63) is 0 Å². The van der Waals surface area contributed by atoms with Gasteiger partial charge in [-0.05, 0) is 19.4 Å². The Kier molecular flexibility index (Phi) is 28.6. The van der Waals surface area contributed by atoms with E-state index < -0.39 is 5.97 Å². The number of aliphatic carboxylic acids is 1. The molecule has 0 saturated heterocycles. The number of aliphatic hydroxyl groups excluding tert-OH is 2. The number of unbranched alkanes of at least 4 members (excludes halogenated alkanes) is 10. The largest absolute Gasteiger partial charge is 0.481 e. The predicted molar refractivity (Wildman–Crippen MR) is 115 cm³/mol. The molecule has 0 heterocycles. The molecule has 0 rings (SSSR count). The van der Waals surface area contributed by atoms with Crippen molar-refractivity contribution in [1.29, 1.82) is 0 Å². The summed E-state index contributed by atoms with van der Waals surface area (Å²) in [5, 5.41) is 26.7. The second kappa shape index (κ2) is 27.2. The van der Waals surface area contributed by atoms with Gasteiger partial charge >= 0.3 is 5.97 Å². The van der Waals surface area contributed by atoms with Crippen LogP contribution in [0, 0.1) is 0 Å². The fraction of sp³-hybridized carbons (Fsp3) is 0.952. The zero-order chi connectivity index (χ0) is 22.0. The van der Waals surface area contributed by atoms with Crippen LogP contribution < -0.4 is 5.73 Å². The lowest BCUT2D eigenvalue weighted by molar-refractivity contribution is -0.371. The quantitative estimate of drug-likeness (QED) is 0.164. The molecule has 0 aromatic heterocycles. The third-order valence-corrected chi connectivity index (χ3v) is 4.19. The summed E-state index contributed by atoms with van der Waals surface area (Å²) in [7, 11) is 0. The van der Waals surface area contributed by atoms with E-state index >= 15 is 0 Å². The van der Waals surface area contributed by atoms with Gasteiger partial charge in [-0.2, -0.15) is 0 Å². The van der Waals surface area contributed by atoms with Crippen LogP contribution >= 0.6 is 0 Å². The van der Waals surface area contributed by atoms with Gasteiger partial charge in [0.15, 0.2) is 0 Å². The Hall–Kier alpha value is -0.770. The smallest absolute Gasteiger partial charge is 0.303 e. The molecule has 0 atom stereocenters. The molecule has 8 nitrogen and oxygen atoms in total. The second-order valence-corrected chi connectivity index (χ2v) is 6.99. The zero-order valence-electron chi connectivity index (χ0n) is 18.5. The first-order chi connectivity index (χ1) is 14.1. The second-order valence-electron chi connectivity index (χ2n) is 6.99. The van der Waals surface area contributed by atoms with E-state index in [1.54, 1.807) is 0 Å². The molecule has 0 aliphatic heterocycles. The molecule has 0 unspecified atom stereocenters. The fourth-order valence-electron chi connectivity index (χ4n) is 2.61. The minimum Gasteiger partial charge on any atom is -0.481 e. The summed E-state index contributed by atoms with van der Waals surface area (Å²) in [6.45, 7) is 3.53. The first kappa shape index (κ1) is 30.4. The minimum atomic E-state index is -0.657. The summed E-state index contributed by atoms with van der Waals surface area (Å²) < 4.78 is 0. The maximum atomic E-state index is 10.3. The molecule has 0 saturated carbocycles. The Labute approximate surface area is 177 Å². The van der Waals surface area contributed by atoms with Gasteiger partial charge in [0.1, 0.15) is 0 Å². The van der Waals surface area contributed by atoms with Crippen molar-refractivity contribution in [3.63, 3.8) is 0 Å². The van der Waals surface area contributed by atoms with Gasteiger partial charge in [0, 0.05) is 6.42 Å². The van der Waals surface area contributed by atoms with E-state index in [1.165, 1.54) is 63.0 Å². The third kappa shape index (κ3) is 29.5. The van der Waals surface area contributed by atoms with Gasteiger partial charge in [0.25, 0.3) is 0 Å². The van der Waals surface area contributed by atoms with E-state index in [9.17, 15) is 4.79 Å². The number of nitrogens with two attached hydrogens (primary N) is 1. The maximum absolute atomic E-state index is 10.3. The van der Waals surface area contributed by atoms with Crippen LogP contribution in [0.3, 0.4) is 0 Å². The van der Waals surface area contributed by atoms with E-state index in [1.807, 2.05) is 0 Å². The van der Waals surface area contributed by atoms with Gasteiger partial charge < -0.3 is 21.1 Å². The van der Waals surface area contributed by atoms with Crippen LogP contribution in [0.2, 0.25) is 0 Å². The van der Waals surface area contributed by atoms with Crippen LogP contribution in [-0.2, 0) is 14.5 Å². The number of nitrogens with zero attached hydrogens (tertiary/aromatic N) is 1. The molecule has 0 bridgehead atoms. The van der Waals surface area contributed by atoms with Crippen molar-refractivity contribution in [1.82, 2.24) is 5.23 Å². The SMILES string of the molecule is CCCCCCCCCCCCCC(=O)O.NCCCN(OCCO)OCCO. The van der Waals surface area contributed by atoms with Crippen LogP contribution in [0.4, 0.5) is 0 Å². The number of hydrogen-bond acceptors (Lipinski definition) is 7. The monoisotopic (exact) mass is 422 g/mol. The highest BCUT2D eigenvalue weighted by Gasteiger charge is 2.04. The average Bonchev–Trinajstić information content (AvgIpc) is 2.71. The lowest BCUT2D eigenvalue weighted by Crippen LogP contribution is -2.29. The summed E-state index contributed by atoms with van der Waals surface area (Å²) in [4.78, 5) is 20.2. The molecule has 0 spiro atoms. The van der Waals surface area contributed by atoms with Crippen molar-refractivity contribution in [2.75, 3.05) is 39.5 Å². The van der Waals surface area contributed by atoms with Crippen molar-refractivity contribution in [3.8, 4) is 0 Å². The summed E-state index contributed by atoms with van der Waals surface area (Å²) >= 11 is 0. The number of rotatable bonds is 21. The van der Waals surface area contributed by atoms with Crippen molar-refractivity contribution < 1.29 is 29.8 Å². The van der Waals surface area contributed by atoms with E-state index in [0.29, 0.717) is 19.5 Å². The number of carboxylic acid groups (broad SMARTS) is 1. The molecule has 0 aromatic rings. The molecule has 0 aliphatic rings. The van der Waals surface area contributed by atoms with Gasteiger partial charge in [-0.25, -0.2) is 0 Å². The van der Waals surface area contributed by atoms with Crippen LogP contribution in [0.25, 0.3) is 0 Å². The number of hydrogen-bond donors (Lipinski definition) is 4. The Morgan fingerprint density at radius 2 is 1.24 bits per heavy atom. The van der Waals surface area contributed by atoms with Crippen molar-refractivity contribution in [2.24, 2.45) is 5.73 Å². The first-order valence-electron chi connectivity index (χ1n) is 11.3. The van der Waals surface area contributed by atoms with E-state index in [2.05, 4.69) is 6.92 Å². The summed E-state index contributed by atoms with van der Waals surface area (Å²) in [6, 6.07) is 0. The fourth-order valence-corrected chi connectivity index (χ4v) is 2.61. The molecule has 0 aromatic carbocycles. The van der Waals surface area contributed by atoms with E-state index in [0.717, 1.165) is 19.3 Å². The number of carboxylic acids is 1. The van der Waals surface area contributed by atoms with E-state index in [-0.39, 0.29) is 26.4 Å². The predicted octanol–water partition coefficient (Wildman–Crippen LogP) is 3.26. The minimum absolute atomic E-state index is 0.0678. The van der Waals surface area contributed by atoms with Gasteiger partial charge in [0.05, 0.1) is 33.0 Å². The molecular formula is C21H46N2O6. The molecular weight excluding hydrogens is 376 g/mol. The zero-order valence-corrected chi connectivity index (χ0v) is 18.5. The Bertz CT molecular complexity index is 303. The van der Waals surface area contributed by atoms with E-state index in [4.69, 9.17) is 30.7 Å². The highest BCUT2D eigenvalue weighted by molar-refractivity contribution is 5.66. The molecule has 0 amide bonds. The highest BCUT2D eigenvalue weighted by Crippen LogP contribution is 2.11. The Balaban J connectivity index is 0. The number of carbonyl (C=O) groups is 1. The van der Waals surface area contributed by atoms with Crippen LogP contribution in [0.1, 0.15) is 90.4 Å². The molecule has 0 radical (unpaired) electrons. The van der Waals surface area contributed by atoms with Crippen LogP contribution in [0.15, 0.2) is 0 Å². The lowest BCUT2D eigenvalue weighted by Gasteiger charge is -2.19. The molecule has 0 aliphatic carbocycles. The molecule has 0 fully saturated rings. The third-order valence-electron chi connectivity index (χ3n) is 4.19. The summed E-state index contributed by atoms with van der Waals surface area (Å²) in [6.07, 6.45) is 15.1. The average molecular weight is 423 g/mol. The topological polar surface area (TPSA) is 125 Å². The van der Waals surface area contributed by atoms with Crippen molar-refractivity contribution >= 4 is 5.97 Å². The van der Waals surface area contributed by atoms with Crippen LogP contribution in [-0.4, -0.2) is 66.0 Å². The summed E-state index contributed by atoms with van der Waals surface area (Å²) in [5.74, 6) is -0.657. The van der Waals surface area contributed by atoms with Gasteiger partial charge in [-0.1, -0.05) is 76.4 Å². The van der Waals surface area contributed by atoms with Crippen molar-refractivity contribution in [2.45, 2.75) is 90.4 Å². The van der Waals surface area contributed by atoms with Gasteiger partial charge in [-0.15, -0.1) is 0 Å². The highest BCUT2D eigenvalue weighted by atomic mass is 16.9. The molecule has 29 heavy (non-hydrogen) atoms. The first-order valence-corrected chi connectivity index (χ1v) is 11.3. The Morgan fingerprint density at radius 1 is 0.793 bits per heavy atom. The molecule has 176 valence electrons. The van der Waals surface area contributed by atoms with Gasteiger partial charge in [-0.3, -0.25) is 14.5 Å². The Morgan fingerprint density at radius 3 is 1.62 bits per heavy atom. The van der Waals surface area contributed by atoms with Gasteiger partial charge in [0.2, 0.25) is 0 Å². The number of hydroxylamine groups is 2. The number of aliphatic hydroxyl groups is 2. The standard InChI is InChI=1S/C14H28O2.C7H18N2O4/c1-2-3-4-5-6-7-8-9-10-11-12-13-14(15)16;8-2-1-3-9(12-6-4-10)13-7-5-11/h2-13H2,1H3,(H,15,16);10-11H,1-8H2. The normalized spacial score (nSPS) is 10.8.